The second kappa shape index (κ2) is 6.35. The summed E-state index contributed by atoms with van der Waals surface area (Å²) in [5.74, 6) is -0.0250. The van der Waals surface area contributed by atoms with Crippen molar-refractivity contribution in [3.63, 3.8) is 0 Å². The number of carbonyl (C=O) groups excluding carboxylic acids is 1. The molecule has 1 aromatic heterocycles. The summed E-state index contributed by atoms with van der Waals surface area (Å²) in [5.41, 5.74) is 1.47. The van der Waals surface area contributed by atoms with Crippen LogP contribution in [0, 0.1) is 5.41 Å². The Morgan fingerprint density at radius 3 is 2.52 bits per heavy atom. The Kier molecular flexibility index (Phi) is 4.51. The third kappa shape index (κ3) is 3.50. The van der Waals surface area contributed by atoms with Crippen molar-refractivity contribution in [2.45, 2.75) is 51.3 Å². The number of hydrogen-bond acceptors (Lipinski definition) is 3. The molecule has 0 bridgehead atoms. The average Bonchev–Trinajstić information content (AvgIpc) is 2.87. The number of alkyl halides is 3. The summed E-state index contributed by atoms with van der Waals surface area (Å²) < 4.78 is 42.4. The summed E-state index contributed by atoms with van der Waals surface area (Å²) in [6.07, 6.45) is -0.794. The number of nitrogens with zero attached hydrogens (tertiary/aromatic N) is 2. The number of hydrogen-bond donors (Lipinski definition) is 0. The molecule has 1 aliphatic carbocycles. The van der Waals surface area contributed by atoms with Gasteiger partial charge >= 0.3 is 6.18 Å². The van der Waals surface area contributed by atoms with Gasteiger partial charge in [0.2, 0.25) is 11.8 Å². The van der Waals surface area contributed by atoms with Crippen LogP contribution in [-0.2, 0) is 4.79 Å². The molecule has 1 aliphatic heterocycles. The van der Waals surface area contributed by atoms with E-state index in [0.717, 1.165) is 39.0 Å². The maximum Gasteiger partial charge on any atom is 0.425 e. The highest BCUT2D eigenvalue weighted by molar-refractivity contribution is 5.99. The van der Waals surface area contributed by atoms with E-state index in [9.17, 15) is 18.0 Å². The molecule has 2 heterocycles. The maximum absolute atomic E-state index is 12.9. The number of amides is 1. The molecule has 1 spiro atoms. The van der Waals surface area contributed by atoms with Gasteiger partial charge in [-0.1, -0.05) is 12.2 Å². The Balaban J connectivity index is 1.69. The molecule has 1 amide bonds. The molecule has 4 nitrogen and oxygen atoms in total. The van der Waals surface area contributed by atoms with E-state index in [1.807, 2.05) is 0 Å². The number of rotatable bonds is 3. The topological polar surface area (TPSA) is 42.4 Å². The van der Waals surface area contributed by atoms with Crippen molar-refractivity contribution in [2.24, 2.45) is 5.41 Å². The lowest BCUT2D eigenvalue weighted by atomic mass is 9.72. The predicted octanol–water partition coefficient (Wildman–Crippen LogP) is 4.26. The Labute approximate surface area is 144 Å². The van der Waals surface area contributed by atoms with Crippen molar-refractivity contribution in [1.82, 2.24) is 4.98 Å². The molecule has 1 atom stereocenters. The van der Waals surface area contributed by atoms with Gasteiger partial charge in [0, 0.05) is 12.6 Å². The van der Waals surface area contributed by atoms with Crippen molar-refractivity contribution >= 4 is 11.6 Å². The average molecular weight is 354 g/mol. The zero-order chi connectivity index (χ0) is 18.2. The number of allylic oxidation sites excluding steroid dienone is 1. The van der Waals surface area contributed by atoms with Crippen LogP contribution in [0.5, 0.6) is 5.88 Å². The Morgan fingerprint density at radius 1 is 1.28 bits per heavy atom. The van der Waals surface area contributed by atoms with Crippen LogP contribution in [0.2, 0.25) is 0 Å². The lowest BCUT2D eigenvalue weighted by Gasteiger charge is -2.32. The second-order valence-electron chi connectivity index (χ2n) is 6.89. The first-order valence-corrected chi connectivity index (χ1v) is 8.39. The standard InChI is InChI=1S/C18H21F3N2O2/c1-12-5-7-17(8-6-12)9-10-23(16(17)24)14-3-4-15(22-11-14)25-13(2)18(19,20)21/h3-4,11,13H,1,5-10H2,2H3/t13-/m0/s1. The minimum Gasteiger partial charge on any atom is -0.465 e. The van der Waals surface area contributed by atoms with Gasteiger partial charge in [-0.25, -0.2) is 4.98 Å². The molecule has 1 aromatic rings. The van der Waals surface area contributed by atoms with Crippen molar-refractivity contribution in [3.05, 3.63) is 30.5 Å². The van der Waals surface area contributed by atoms with Gasteiger partial charge < -0.3 is 9.64 Å². The minimum absolute atomic E-state index is 0.0825. The van der Waals surface area contributed by atoms with Gasteiger partial charge in [-0.3, -0.25) is 4.79 Å². The highest BCUT2D eigenvalue weighted by Gasteiger charge is 2.47. The third-order valence-corrected chi connectivity index (χ3v) is 5.22. The first kappa shape index (κ1) is 17.8. The fourth-order valence-electron chi connectivity index (χ4n) is 3.46. The molecule has 0 aromatic carbocycles. The molecular weight excluding hydrogens is 333 g/mol. The number of anilines is 1. The highest BCUT2D eigenvalue weighted by Crippen LogP contribution is 2.47. The molecule has 1 saturated carbocycles. The molecule has 1 saturated heterocycles. The zero-order valence-corrected chi connectivity index (χ0v) is 14.1. The van der Waals surface area contributed by atoms with Crippen LogP contribution in [-0.4, -0.2) is 29.7 Å². The molecule has 0 radical (unpaired) electrons. The Morgan fingerprint density at radius 2 is 1.96 bits per heavy atom. The first-order chi connectivity index (χ1) is 11.7. The van der Waals surface area contributed by atoms with Gasteiger partial charge in [-0.2, -0.15) is 13.2 Å². The number of carbonyl (C=O) groups is 1. The van der Waals surface area contributed by atoms with Crippen molar-refractivity contribution in [2.75, 3.05) is 11.4 Å². The van der Waals surface area contributed by atoms with Gasteiger partial charge in [0.05, 0.1) is 17.3 Å². The predicted molar refractivity (Wildman–Crippen MR) is 87.4 cm³/mol. The van der Waals surface area contributed by atoms with E-state index >= 15 is 0 Å². The van der Waals surface area contributed by atoms with E-state index in [4.69, 9.17) is 4.74 Å². The van der Waals surface area contributed by atoms with Crippen LogP contribution in [0.1, 0.15) is 39.0 Å². The minimum atomic E-state index is -4.44. The normalized spacial score (nSPS) is 21.7. The molecule has 2 fully saturated rings. The van der Waals surface area contributed by atoms with Crippen LogP contribution < -0.4 is 9.64 Å². The monoisotopic (exact) mass is 354 g/mol. The van der Waals surface area contributed by atoms with E-state index in [1.165, 1.54) is 17.8 Å². The Hall–Kier alpha value is -2.05. The van der Waals surface area contributed by atoms with Crippen LogP contribution in [0.15, 0.2) is 30.5 Å². The van der Waals surface area contributed by atoms with Crippen LogP contribution in [0.3, 0.4) is 0 Å². The summed E-state index contributed by atoms with van der Waals surface area (Å²) >= 11 is 0. The quantitative estimate of drug-likeness (QED) is 0.762. The molecule has 0 N–H and O–H groups in total. The largest absolute Gasteiger partial charge is 0.465 e. The van der Waals surface area contributed by atoms with Gasteiger partial charge in [0.15, 0.2) is 6.10 Å². The maximum atomic E-state index is 12.9. The molecule has 136 valence electrons. The molecule has 25 heavy (non-hydrogen) atoms. The van der Waals surface area contributed by atoms with E-state index < -0.39 is 12.3 Å². The lowest BCUT2D eigenvalue weighted by Crippen LogP contribution is -2.36. The van der Waals surface area contributed by atoms with Gasteiger partial charge in [-0.05, 0) is 45.1 Å². The fraction of sp³-hybridized carbons (Fsp3) is 0.556. The summed E-state index contributed by atoms with van der Waals surface area (Å²) in [7, 11) is 0. The van der Waals surface area contributed by atoms with E-state index in [0.29, 0.717) is 12.2 Å². The highest BCUT2D eigenvalue weighted by atomic mass is 19.4. The van der Waals surface area contributed by atoms with Gasteiger partial charge in [0.1, 0.15) is 0 Å². The molecule has 3 rings (SSSR count). The van der Waals surface area contributed by atoms with E-state index in [2.05, 4.69) is 11.6 Å². The van der Waals surface area contributed by atoms with Crippen LogP contribution in [0.25, 0.3) is 0 Å². The van der Waals surface area contributed by atoms with Gasteiger partial charge in [0.25, 0.3) is 0 Å². The molecule has 7 heteroatoms. The van der Waals surface area contributed by atoms with Crippen molar-refractivity contribution < 1.29 is 22.7 Å². The van der Waals surface area contributed by atoms with Crippen LogP contribution >= 0.6 is 0 Å². The van der Waals surface area contributed by atoms with Crippen LogP contribution in [0.4, 0.5) is 18.9 Å². The lowest BCUT2D eigenvalue weighted by molar-refractivity contribution is -0.189. The second-order valence-corrected chi connectivity index (χ2v) is 6.89. The molecular formula is C18H21F3N2O2. The SMILES string of the molecule is C=C1CCC2(CC1)CCN(c1ccc(O[C@@H](C)C(F)(F)F)nc1)C2=O. The number of pyridine rings is 1. The summed E-state index contributed by atoms with van der Waals surface area (Å²) in [5, 5.41) is 0. The number of ether oxygens (including phenoxy) is 1. The van der Waals surface area contributed by atoms with Gasteiger partial charge in [-0.15, -0.1) is 0 Å². The van der Waals surface area contributed by atoms with Crippen molar-refractivity contribution in [3.8, 4) is 5.88 Å². The smallest absolute Gasteiger partial charge is 0.425 e. The Bertz CT molecular complexity index is 660. The first-order valence-electron chi connectivity index (χ1n) is 8.39. The summed E-state index contributed by atoms with van der Waals surface area (Å²) in [6.45, 7) is 5.53. The summed E-state index contributed by atoms with van der Waals surface area (Å²) in [6, 6.07) is 2.96. The molecule has 2 aliphatic rings. The van der Waals surface area contributed by atoms with Crippen molar-refractivity contribution in [1.29, 1.82) is 0 Å². The number of aromatic nitrogens is 1. The third-order valence-electron chi connectivity index (χ3n) is 5.22. The number of halogens is 3. The van der Waals surface area contributed by atoms with E-state index in [1.54, 1.807) is 11.0 Å². The summed E-state index contributed by atoms with van der Waals surface area (Å²) in [4.78, 5) is 18.5. The fourth-order valence-corrected chi connectivity index (χ4v) is 3.46. The zero-order valence-electron chi connectivity index (χ0n) is 14.1. The van der Waals surface area contributed by atoms with E-state index in [-0.39, 0.29) is 17.2 Å². The molecule has 0 unspecified atom stereocenters.